The molecule has 3 rings (SSSR count). The van der Waals surface area contributed by atoms with E-state index >= 15 is 0 Å². The van der Waals surface area contributed by atoms with E-state index in [0.29, 0.717) is 21.6 Å². The van der Waals surface area contributed by atoms with E-state index in [4.69, 9.17) is 23.2 Å². The van der Waals surface area contributed by atoms with Crippen LogP contribution in [0.25, 0.3) is 17.0 Å². The van der Waals surface area contributed by atoms with Crippen molar-refractivity contribution in [1.29, 1.82) is 0 Å². The summed E-state index contributed by atoms with van der Waals surface area (Å²) in [6.45, 7) is 0. The summed E-state index contributed by atoms with van der Waals surface area (Å²) >= 11 is 15.3. The van der Waals surface area contributed by atoms with E-state index < -0.39 is 0 Å². The van der Waals surface area contributed by atoms with Gasteiger partial charge in [-0.05, 0) is 34.1 Å². The second-order valence-electron chi connectivity index (χ2n) is 3.56. The molecule has 0 aliphatic heterocycles. The van der Waals surface area contributed by atoms with E-state index in [1.54, 1.807) is 22.9 Å². The highest BCUT2D eigenvalue weighted by molar-refractivity contribution is 9.10. The second kappa shape index (κ2) is 4.50. The van der Waals surface area contributed by atoms with Crippen LogP contribution in [-0.4, -0.2) is 19.6 Å². The molecule has 0 spiro atoms. The van der Waals surface area contributed by atoms with Crippen molar-refractivity contribution in [3.05, 3.63) is 45.2 Å². The Morgan fingerprint density at radius 2 is 2.00 bits per heavy atom. The molecule has 0 bridgehead atoms. The molecule has 0 radical (unpaired) electrons. The number of hydrogen-bond acceptors (Lipinski definition) is 3. The van der Waals surface area contributed by atoms with E-state index in [0.717, 1.165) is 10.0 Å². The van der Waals surface area contributed by atoms with Gasteiger partial charge in [-0.3, -0.25) is 4.40 Å². The molecule has 3 aromatic rings. The van der Waals surface area contributed by atoms with Crippen LogP contribution in [0.3, 0.4) is 0 Å². The average Bonchev–Trinajstić information content (AvgIpc) is 2.78. The molecule has 2 heterocycles. The molecular formula is C11H5BrCl2N4. The van der Waals surface area contributed by atoms with Crippen molar-refractivity contribution in [2.45, 2.75) is 0 Å². The molecule has 2 aromatic heterocycles. The molecule has 0 N–H and O–H groups in total. The molecule has 1 aromatic carbocycles. The van der Waals surface area contributed by atoms with Gasteiger partial charge in [0, 0.05) is 22.4 Å². The number of benzene rings is 1. The quantitative estimate of drug-likeness (QED) is 0.673. The lowest BCUT2D eigenvalue weighted by Crippen LogP contribution is -1.91. The number of halogens is 3. The van der Waals surface area contributed by atoms with Gasteiger partial charge in [-0.15, -0.1) is 10.2 Å². The minimum atomic E-state index is 0.323. The van der Waals surface area contributed by atoms with Crippen molar-refractivity contribution in [1.82, 2.24) is 19.6 Å². The molecule has 0 aliphatic rings. The third-order valence-corrected chi connectivity index (χ3v) is 3.94. The number of fused-ring (bicyclic) bond motifs is 1. The van der Waals surface area contributed by atoms with E-state index in [2.05, 4.69) is 31.1 Å². The summed E-state index contributed by atoms with van der Waals surface area (Å²) in [5.41, 5.74) is 1.42. The summed E-state index contributed by atoms with van der Waals surface area (Å²) in [4.78, 5) is 3.96. The van der Waals surface area contributed by atoms with Crippen LogP contribution in [0.15, 0.2) is 35.1 Å². The molecule has 18 heavy (non-hydrogen) atoms. The molecule has 0 atom stereocenters. The van der Waals surface area contributed by atoms with Gasteiger partial charge >= 0.3 is 0 Å². The van der Waals surface area contributed by atoms with Gasteiger partial charge in [-0.1, -0.05) is 23.2 Å². The maximum atomic E-state index is 5.96. The zero-order valence-electron chi connectivity index (χ0n) is 8.81. The topological polar surface area (TPSA) is 43.1 Å². The Kier molecular flexibility index (Phi) is 2.97. The fourth-order valence-corrected chi connectivity index (χ4v) is 2.31. The average molecular weight is 344 g/mol. The highest BCUT2D eigenvalue weighted by Gasteiger charge is 2.11. The van der Waals surface area contributed by atoms with Crippen LogP contribution in [-0.2, 0) is 0 Å². The molecule has 0 aliphatic carbocycles. The molecule has 90 valence electrons. The van der Waals surface area contributed by atoms with Crippen LogP contribution in [0.5, 0.6) is 0 Å². The standard InChI is InChI=1S/C11H5BrCl2N4/c12-7-5-6(1-2-8(7)13)10-16-17-11-9(14)15-3-4-18(10)11/h1-5H. The first-order valence-corrected chi connectivity index (χ1v) is 6.52. The van der Waals surface area contributed by atoms with Crippen molar-refractivity contribution >= 4 is 44.8 Å². The fraction of sp³-hybridized carbons (Fsp3) is 0. The normalized spacial score (nSPS) is 11.1. The smallest absolute Gasteiger partial charge is 0.198 e. The van der Waals surface area contributed by atoms with Crippen molar-refractivity contribution < 1.29 is 0 Å². The lowest BCUT2D eigenvalue weighted by atomic mass is 10.2. The van der Waals surface area contributed by atoms with Crippen LogP contribution in [0.2, 0.25) is 10.2 Å². The summed E-state index contributed by atoms with van der Waals surface area (Å²) in [6.07, 6.45) is 3.37. The third kappa shape index (κ3) is 1.88. The molecular weight excluding hydrogens is 339 g/mol. The second-order valence-corrected chi connectivity index (χ2v) is 5.18. The van der Waals surface area contributed by atoms with Gasteiger partial charge in [0.05, 0.1) is 5.02 Å². The largest absolute Gasteiger partial charge is 0.278 e. The lowest BCUT2D eigenvalue weighted by Gasteiger charge is -2.02. The zero-order chi connectivity index (χ0) is 12.7. The maximum Gasteiger partial charge on any atom is 0.198 e. The first-order chi connectivity index (χ1) is 8.66. The SMILES string of the molecule is Clc1ccc(-c2nnc3c(Cl)nccn23)cc1Br. The van der Waals surface area contributed by atoms with Crippen LogP contribution in [0, 0.1) is 0 Å². The highest BCUT2D eigenvalue weighted by Crippen LogP contribution is 2.28. The minimum absolute atomic E-state index is 0.323. The summed E-state index contributed by atoms with van der Waals surface area (Å²) in [7, 11) is 0. The molecule has 0 fully saturated rings. The number of aromatic nitrogens is 4. The highest BCUT2D eigenvalue weighted by atomic mass is 79.9. The van der Waals surface area contributed by atoms with E-state index in [1.807, 2.05) is 12.1 Å². The van der Waals surface area contributed by atoms with Crippen molar-refractivity contribution in [2.24, 2.45) is 0 Å². The fourth-order valence-electron chi connectivity index (χ4n) is 1.63. The Balaban J connectivity index is 2.25. The number of rotatable bonds is 1. The predicted molar refractivity (Wildman–Crippen MR) is 73.9 cm³/mol. The van der Waals surface area contributed by atoms with Gasteiger partial charge in [-0.2, -0.15) is 0 Å². The molecule has 4 nitrogen and oxygen atoms in total. The summed E-state index contributed by atoms with van der Waals surface area (Å²) in [5.74, 6) is 0.687. The zero-order valence-corrected chi connectivity index (χ0v) is 11.9. The van der Waals surface area contributed by atoms with Gasteiger partial charge in [0.1, 0.15) is 0 Å². The Bertz CT molecular complexity index is 741. The van der Waals surface area contributed by atoms with E-state index in [1.165, 1.54) is 0 Å². The van der Waals surface area contributed by atoms with Crippen molar-refractivity contribution in [2.75, 3.05) is 0 Å². The summed E-state index contributed by atoms with van der Waals surface area (Å²) in [5, 5.41) is 9.11. The summed E-state index contributed by atoms with van der Waals surface area (Å²) < 4.78 is 2.59. The Labute approximate surface area is 121 Å². The van der Waals surface area contributed by atoms with Gasteiger partial charge in [-0.25, -0.2) is 4.98 Å². The van der Waals surface area contributed by atoms with Gasteiger partial charge in [0.25, 0.3) is 0 Å². The Morgan fingerprint density at radius 1 is 1.17 bits per heavy atom. The lowest BCUT2D eigenvalue weighted by molar-refractivity contribution is 1.11. The van der Waals surface area contributed by atoms with Crippen LogP contribution < -0.4 is 0 Å². The number of hydrogen-bond donors (Lipinski definition) is 0. The number of nitrogens with zero attached hydrogens (tertiary/aromatic N) is 4. The van der Waals surface area contributed by atoms with E-state index in [9.17, 15) is 0 Å². The third-order valence-electron chi connectivity index (χ3n) is 2.46. The first-order valence-electron chi connectivity index (χ1n) is 4.97. The van der Waals surface area contributed by atoms with Crippen molar-refractivity contribution in [3.63, 3.8) is 0 Å². The molecule has 0 saturated heterocycles. The molecule has 0 unspecified atom stereocenters. The van der Waals surface area contributed by atoms with Gasteiger partial charge in [0.15, 0.2) is 16.6 Å². The molecule has 7 heteroatoms. The van der Waals surface area contributed by atoms with Crippen LogP contribution in [0.1, 0.15) is 0 Å². The monoisotopic (exact) mass is 342 g/mol. The first kappa shape index (κ1) is 11.9. The van der Waals surface area contributed by atoms with Crippen LogP contribution >= 0.6 is 39.1 Å². The van der Waals surface area contributed by atoms with Gasteiger partial charge in [0.2, 0.25) is 0 Å². The predicted octanol–water partition coefficient (Wildman–Crippen LogP) is 3.86. The van der Waals surface area contributed by atoms with E-state index in [-0.39, 0.29) is 0 Å². The van der Waals surface area contributed by atoms with Crippen LogP contribution in [0.4, 0.5) is 0 Å². The molecule has 0 saturated carbocycles. The van der Waals surface area contributed by atoms with Crippen molar-refractivity contribution in [3.8, 4) is 11.4 Å². The Hall–Kier alpha value is -1.17. The van der Waals surface area contributed by atoms with Gasteiger partial charge < -0.3 is 0 Å². The molecule has 0 amide bonds. The minimum Gasteiger partial charge on any atom is -0.278 e. The summed E-state index contributed by atoms with van der Waals surface area (Å²) in [6, 6.07) is 5.55. The Morgan fingerprint density at radius 3 is 2.78 bits per heavy atom. The maximum absolute atomic E-state index is 5.96.